The lowest BCUT2D eigenvalue weighted by Gasteiger charge is -2.07. The van der Waals surface area contributed by atoms with Crippen molar-refractivity contribution < 1.29 is 14.6 Å². The quantitative estimate of drug-likeness (QED) is 0.595. The summed E-state index contributed by atoms with van der Waals surface area (Å²) in [4.78, 5) is 10.5. The average Bonchev–Trinajstić information content (AvgIpc) is 2.52. The zero-order valence-electron chi connectivity index (χ0n) is 11.8. The van der Waals surface area contributed by atoms with Gasteiger partial charge in [0.15, 0.2) is 6.61 Å². The number of benzene rings is 2. The van der Waals surface area contributed by atoms with Crippen molar-refractivity contribution in [1.29, 1.82) is 5.26 Å². The molecule has 0 unspecified atom stereocenters. The second kappa shape index (κ2) is 7.82. The van der Waals surface area contributed by atoms with E-state index in [0.29, 0.717) is 26.4 Å². The highest BCUT2D eigenvalue weighted by Crippen LogP contribution is 2.29. The summed E-state index contributed by atoms with van der Waals surface area (Å²) >= 11 is 9.44. The largest absolute Gasteiger partial charge is 0.481 e. The Hall–Kier alpha value is -2.29. The molecule has 116 valence electrons. The Morgan fingerprint density at radius 1 is 1.35 bits per heavy atom. The molecule has 23 heavy (non-hydrogen) atoms. The molecule has 0 heterocycles. The average molecular weight is 393 g/mol. The van der Waals surface area contributed by atoms with Gasteiger partial charge in [-0.1, -0.05) is 35.9 Å². The Morgan fingerprint density at radius 2 is 2.09 bits per heavy atom. The Kier molecular flexibility index (Phi) is 5.80. The summed E-state index contributed by atoms with van der Waals surface area (Å²) in [5, 5.41) is 18.5. The van der Waals surface area contributed by atoms with E-state index in [-0.39, 0.29) is 0 Å². The number of nitrogens with zero attached hydrogens (tertiary/aromatic N) is 1. The van der Waals surface area contributed by atoms with Crippen LogP contribution in [0.15, 0.2) is 46.9 Å². The summed E-state index contributed by atoms with van der Waals surface area (Å²) in [6.45, 7) is -0.420. The first kappa shape index (κ1) is 17.1. The van der Waals surface area contributed by atoms with Gasteiger partial charge in [-0.25, -0.2) is 4.79 Å². The van der Waals surface area contributed by atoms with E-state index < -0.39 is 12.6 Å². The Bertz CT molecular complexity index is 812. The number of hydrogen-bond donors (Lipinski definition) is 1. The predicted octanol–water partition coefficient (Wildman–Crippen LogP) is 4.63. The molecule has 0 saturated heterocycles. The highest BCUT2D eigenvalue weighted by molar-refractivity contribution is 9.10. The smallest absolute Gasteiger partial charge is 0.341 e. The highest BCUT2D eigenvalue weighted by Gasteiger charge is 2.08. The van der Waals surface area contributed by atoms with Crippen molar-refractivity contribution in [2.24, 2.45) is 0 Å². The number of carboxylic acid groups (broad SMARTS) is 1. The lowest BCUT2D eigenvalue weighted by Crippen LogP contribution is -2.09. The minimum absolute atomic E-state index is 0.417. The van der Waals surface area contributed by atoms with Crippen LogP contribution in [0.25, 0.3) is 11.6 Å². The first-order valence-electron chi connectivity index (χ1n) is 6.52. The van der Waals surface area contributed by atoms with E-state index in [1.807, 2.05) is 6.07 Å². The highest BCUT2D eigenvalue weighted by atomic mass is 79.9. The van der Waals surface area contributed by atoms with E-state index in [0.717, 1.165) is 5.56 Å². The molecule has 0 aromatic heterocycles. The summed E-state index contributed by atoms with van der Waals surface area (Å²) in [5.41, 5.74) is 1.84. The molecule has 0 amide bonds. The fourth-order valence-corrected chi connectivity index (χ4v) is 2.63. The van der Waals surface area contributed by atoms with Gasteiger partial charge in [-0.2, -0.15) is 5.26 Å². The molecule has 0 aliphatic carbocycles. The van der Waals surface area contributed by atoms with Gasteiger partial charge in [-0.3, -0.25) is 0 Å². The van der Waals surface area contributed by atoms with Crippen molar-refractivity contribution in [1.82, 2.24) is 0 Å². The molecule has 6 heteroatoms. The van der Waals surface area contributed by atoms with Crippen LogP contribution >= 0.6 is 27.5 Å². The van der Waals surface area contributed by atoms with Gasteiger partial charge in [0, 0.05) is 10.6 Å². The molecular weight excluding hydrogens is 382 g/mol. The number of halogens is 2. The van der Waals surface area contributed by atoms with E-state index >= 15 is 0 Å². The number of rotatable bonds is 5. The van der Waals surface area contributed by atoms with Crippen LogP contribution in [-0.4, -0.2) is 17.7 Å². The standard InChI is InChI=1S/C17H11BrClNO3/c18-14-8-11(5-6-16(14)23-10-17(21)22)7-12(9-20)13-3-1-2-4-15(13)19/h1-8H,10H2,(H,21,22). The van der Waals surface area contributed by atoms with Gasteiger partial charge in [0.25, 0.3) is 0 Å². The van der Waals surface area contributed by atoms with Gasteiger partial charge < -0.3 is 9.84 Å². The third-order valence-corrected chi connectivity index (χ3v) is 3.85. The van der Waals surface area contributed by atoms with Gasteiger partial charge in [-0.15, -0.1) is 0 Å². The van der Waals surface area contributed by atoms with Gasteiger partial charge in [0.2, 0.25) is 0 Å². The molecular formula is C17H11BrClNO3. The van der Waals surface area contributed by atoms with Crippen LogP contribution in [0.5, 0.6) is 5.75 Å². The molecule has 2 aromatic rings. The Balaban J connectivity index is 2.31. The minimum Gasteiger partial charge on any atom is -0.481 e. The number of carboxylic acids is 1. The van der Waals surface area contributed by atoms with Crippen molar-refractivity contribution in [3.8, 4) is 11.8 Å². The van der Waals surface area contributed by atoms with Crippen LogP contribution in [0.2, 0.25) is 5.02 Å². The Labute approximate surface area is 146 Å². The lowest BCUT2D eigenvalue weighted by molar-refractivity contribution is -0.139. The minimum atomic E-state index is -1.05. The molecule has 0 aliphatic rings. The number of hydrogen-bond acceptors (Lipinski definition) is 3. The topological polar surface area (TPSA) is 70.3 Å². The second-order valence-electron chi connectivity index (χ2n) is 4.52. The van der Waals surface area contributed by atoms with Crippen molar-refractivity contribution in [3.63, 3.8) is 0 Å². The van der Waals surface area contributed by atoms with Crippen molar-refractivity contribution in [3.05, 3.63) is 63.1 Å². The normalized spacial score (nSPS) is 10.9. The van der Waals surface area contributed by atoms with Gasteiger partial charge in [0.05, 0.1) is 16.1 Å². The fraction of sp³-hybridized carbons (Fsp3) is 0.0588. The maximum absolute atomic E-state index is 10.5. The predicted molar refractivity (Wildman–Crippen MR) is 92.2 cm³/mol. The molecule has 2 rings (SSSR count). The Morgan fingerprint density at radius 3 is 2.70 bits per heavy atom. The third-order valence-electron chi connectivity index (χ3n) is 2.90. The van der Waals surface area contributed by atoms with Gasteiger partial charge in [-0.05, 0) is 45.8 Å². The van der Waals surface area contributed by atoms with E-state index in [1.54, 1.807) is 42.5 Å². The van der Waals surface area contributed by atoms with Crippen molar-refractivity contribution in [2.75, 3.05) is 6.61 Å². The molecule has 0 atom stereocenters. The summed E-state index contributed by atoms with van der Waals surface area (Å²) in [7, 11) is 0. The maximum Gasteiger partial charge on any atom is 0.341 e. The second-order valence-corrected chi connectivity index (χ2v) is 5.78. The fourth-order valence-electron chi connectivity index (χ4n) is 1.88. The van der Waals surface area contributed by atoms with Crippen LogP contribution < -0.4 is 4.74 Å². The van der Waals surface area contributed by atoms with Crippen molar-refractivity contribution in [2.45, 2.75) is 0 Å². The van der Waals surface area contributed by atoms with Crippen LogP contribution in [0.1, 0.15) is 11.1 Å². The van der Waals surface area contributed by atoms with E-state index in [2.05, 4.69) is 22.0 Å². The third kappa shape index (κ3) is 4.59. The zero-order chi connectivity index (χ0) is 16.8. The van der Waals surface area contributed by atoms with Gasteiger partial charge >= 0.3 is 5.97 Å². The maximum atomic E-state index is 10.5. The van der Waals surface area contributed by atoms with Crippen LogP contribution in [0.4, 0.5) is 0 Å². The molecule has 0 aliphatic heterocycles. The molecule has 0 radical (unpaired) electrons. The molecule has 1 N–H and O–H groups in total. The summed E-state index contributed by atoms with van der Waals surface area (Å²) in [6.07, 6.45) is 1.70. The number of allylic oxidation sites excluding steroid dienone is 1. The molecule has 0 bridgehead atoms. The van der Waals surface area contributed by atoms with E-state index in [1.165, 1.54) is 0 Å². The van der Waals surface area contributed by atoms with Crippen molar-refractivity contribution >= 4 is 45.1 Å². The molecule has 0 spiro atoms. The summed E-state index contributed by atoms with van der Waals surface area (Å²) in [6, 6.07) is 14.4. The van der Waals surface area contributed by atoms with Gasteiger partial charge in [0.1, 0.15) is 5.75 Å². The summed E-state index contributed by atoms with van der Waals surface area (Å²) in [5.74, 6) is -0.632. The van der Waals surface area contributed by atoms with Crippen LogP contribution in [0.3, 0.4) is 0 Å². The number of aliphatic carboxylic acids is 1. The first-order chi connectivity index (χ1) is 11.0. The molecule has 2 aromatic carbocycles. The van der Waals surface area contributed by atoms with E-state index in [9.17, 15) is 10.1 Å². The molecule has 0 fully saturated rings. The zero-order valence-corrected chi connectivity index (χ0v) is 14.1. The summed E-state index contributed by atoms with van der Waals surface area (Å²) < 4.78 is 5.74. The van der Waals surface area contributed by atoms with Crippen LogP contribution in [-0.2, 0) is 4.79 Å². The number of nitriles is 1. The van der Waals surface area contributed by atoms with Crippen LogP contribution in [0, 0.1) is 11.3 Å². The van der Waals surface area contributed by atoms with E-state index in [4.69, 9.17) is 21.4 Å². The monoisotopic (exact) mass is 391 g/mol. The molecule has 4 nitrogen and oxygen atoms in total. The number of carbonyl (C=O) groups is 1. The molecule has 0 saturated carbocycles. The lowest BCUT2D eigenvalue weighted by atomic mass is 10.0. The SMILES string of the molecule is N#CC(=Cc1ccc(OCC(=O)O)c(Br)c1)c1ccccc1Cl. The first-order valence-corrected chi connectivity index (χ1v) is 7.69. The number of ether oxygens (including phenoxy) is 1.